The first-order valence-electron chi connectivity index (χ1n) is 3.38. The van der Waals surface area contributed by atoms with Crippen molar-refractivity contribution in [3.8, 4) is 0 Å². The summed E-state index contributed by atoms with van der Waals surface area (Å²) in [5, 5.41) is 11.9. The Balaban J connectivity index is 2.46. The zero-order valence-corrected chi connectivity index (χ0v) is 6.08. The topological polar surface area (TPSA) is 43.8 Å². The molecule has 0 aliphatic carbocycles. The van der Waals surface area contributed by atoms with E-state index in [1.807, 2.05) is 12.1 Å². The molecule has 1 aliphatic heterocycles. The molecule has 0 bridgehead atoms. The Labute approximate surface area is 60.0 Å². The summed E-state index contributed by atoms with van der Waals surface area (Å²) in [4.78, 5) is 10.9. The molecule has 1 fully saturated rings. The minimum atomic E-state index is 0.0378. The van der Waals surface area contributed by atoms with Crippen molar-refractivity contribution in [3.63, 3.8) is 0 Å². The highest BCUT2D eigenvalue weighted by atomic mass is 16.3. The fourth-order valence-electron chi connectivity index (χ4n) is 1.09. The van der Waals surface area contributed by atoms with Gasteiger partial charge in [0.2, 0.25) is 5.91 Å². The molecule has 0 atom stereocenters. The second-order valence-corrected chi connectivity index (χ2v) is 2.37. The Morgan fingerprint density at radius 2 is 2.40 bits per heavy atom. The van der Waals surface area contributed by atoms with Gasteiger partial charge in [-0.05, 0) is 0 Å². The Morgan fingerprint density at radius 3 is 2.80 bits per heavy atom. The summed E-state index contributed by atoms with van der Waals surface area (Å²) in [6, 6.07) is 0. The van der Waals surface area contributed by atoms with Crippen LogP contribution in [0.25, 0.3) is 0 Å². The minimum absolute atomic E-state index is 0.0378. The maximum Gasteiger partial charge on any atom is 0.238 e. The smallest absolute Gasteiger partial charge is 0.238 e. The molecule has 0 unspecified atom stereocenters. The molecule has 0 saturated carbocycles. The van der Waals surface area contributed by atoms with E-state index in [2.05, 4.69) is 0 Å². The summed E-state index contributed by atoms with van der Waals surface area (Å²) in [5.41, 5.74) is 0. The first-order valence-corrected chi connectivity index (χ1v) is 3.38. The predicted octanol–water partition coefficient (Wildman–Crippen LogP) is -0.942. The predicted molar refractivity (Wildman–Crippen MR) is 36.0 cm³/mol. The van der Waals surface area contributed by atoms with Crippen LogP contribution in [0.3, 0.4) is 0 Å². The number of carbonyl (C=O) groups is 1. The van der Waals surface area contributed by atoms with Crippen LogP contribution in [0.5, 0.6) is 0 Å². The molecule has 0 radical (unpaired) electrons. The highest BCUT2D eigenvalue weighted by Gasteiger charge is 2.24. The SMILES string of the molecule is CN1CCC(=O)N1CCO. The van der Waals surface area contributed by atoms with Crippen LogP contribution in [-0.2, 0) is 4.79 Å². The summed E-state index contributed by atoms with van der Waals surface area (Å²) < 4.78 is 0. The quantitative estimate of drug-likeness (QED) is 0.544. The first-order chi connectivity index (χ1) is 4.75. The third-order valence-corrected chi connectivity index (χ3v) is 1.66. The number of hydrogen-bond acceptors (Lipinski definition) is 3. The normalized spacial score (nSPS) is 20.6. The molecule has 0 aromatic carbocycles. The van der Waals surface area contributed by atoms with E-state index in [1.165, 1.54) is 0 Å². The lowest BCUT2D eigenvalue weighted by atomic mass is 10.4. The highest BCUT2D eigenvalue weighted by Crippen LogP contribution is 2.07. The maximum absolute atomic E-state index is 10.9. The first kappa shape index (κ1) is 7.50. The van der Waals surface area contributed by atoms with Gasteiger partial charge in [0, 0.05) is 20.0 Å². The fraction of sp³-hybridized carbons (Fsp3) is 0.833. The number of carbonyl (C=O) groups excluding carboxylic acids is 1. The van der Waals surface area contributed by atoms with Gasteiger partial charge in [0.05, 0.1) is 13.2 Å². The maximum atomic E-state index is 10.9. The van der Waals surface area contributed by atoms with E-state index in [9.17, 15) is 4.79 Å². The third kappa shape index (κ3) is 1.27. The van der Waals surface area contributed by atoms with E-state index in [1.54, 1.807) is 5.01 Å². The van der Waals surface area contributed by atoms with Crippen molar-refractivity contribution < 1.29 is 9.90 Å². The molecule has 58 valence electrons. The van der Waals surface area contributed by atoms with Crippen LogP contribution < -0.4 is 0 Å². The molecule has 0 aromatic heterocycles. The lowest BCUT2D eigenvalue weighted by Gasteiger charge is -2.22. The molecule has 1 rings (SSSR count). The number of rotatable bonds is 2. The number of β-amino-alcohol motifs (C(OH)–C–C–N with tert-alkyl or cyclic N) is 1. The monoisotopic (exact) mass is 144 g/mol. The largest absolute Gasteiger partial charge is 0.394 e. The number of nitrogens with zero attached hydrogens (tertiary/aromatic N) is 2. The van der Waals surface area contributed by atoms with Crippen LogP contribution in [0, 0.1) is 0 Å². The molecule has 1 heterocycles. The van der Waals surface area contributed by atoms with Crippen molar-refractivity contribution in [1.29, 1.82) is 0 Å². The van der Waals surface area contributed by atoms with Gasteiger partial charge in [0.1, 0.15) is 0 Å². The van der Waals surface area contributed by atoms with Gasteiger partial charge < -0.3 is 5.11 Å². The summed E-state index contributed by atoms with van der Waals surface area (Å²) in [5.74, 6) is 0.108. The van der Waals surface area contributed by atoms with Gasteiger partial charge in [0.15, 0.2) is 0 Å². The molecule has 4 nitrogen and oxygen atoms in total. The zero-order valence-electron chi connectivity index (χ0n) is 6.08. The molecule has 1 N–H and O–H groups in total. The van der Waals surface area contributed by atoms with Gasteiger partial charge in [0.25, 0.3) is 0 Å². The van der Waals surface area contributed by atoms with E-state index < -0.39 is 0 Å². The number of hydrogen-bond donors (Lipinski definition) is 1. The van der Waals surface area contributed by atoms with Crippen molar-refractivity contribution in [2.24, 2.45) is 0 Å². The van der Waals surface area contributed by atoms with Crippen LogP contribution in [0.1, 0.15) is 6.42 Å². The van der Waals surface area contributed by atoms with Crippen LogP contribution in [0.2, 0.25) is 0 Å². The Morgan fingerprint density at radius 1 is 1.70 bits per heavy atom. The number of aliphatic hydroxyl groups excluding tert-OH is 1. The second-order valence-electron chi connectivity index (χ2n) is 2.37. The van der Waals surface area contributed by atoms with Crippen molar-refractivity contribution >= 4 is 5.91 Å². The molecule has 1 saturated heterocycles. The van der Waals surface area contributed by atoms with Crippen molar-refractivity contribution in [1.82, 2.24) is 10.0 Å². The Hall–Kier alpha value is -0.610. The van der Waals surface area contributed by atoms with Crippen LogP contribution >= 0.6 is 0 Å². The molecule has 0 spiro atoms. The van der Waals surface area contributed by atoms with Crippen LogP contribution in [0.15, 0.2) is 0 Å². The lowest BCUT2D eigenvalue weighted by Crippen LogP contribution is -2.38. The summed E-state index contributed by atoms with van der Waals surface area (Å²) >= 11 is 0. The Bertz CT molecular complexity index is 138. The number of amides is 1. The van der Waals surface area contributed by atoms with Crippen LogP contribution in [-0.4, -0.2) is 47.8 Å². The molecule has 10 heavy (non-hydrogen) atoms. The summed E-state index contributed by atoms with van der Waals surface area (Å²) in [6.07, 6.45) is 0.580. The Kier molecular flexibility index (Phi) is 2.24. The average Bonchev–Trinajstić information content (AvgIpc) is 2.20. The standard InChI is InChI=1S/C6H12N2O2/c1-7-3-2-6(10)8(7)4-5-9/h9H,2-5H2,1H3. The average molecular weight is 144 g/mol. The van der Waals surface area contributed by atoms with E-state index in [-0.39, 0.29) is 12.5 Å². The minimum Gasteiger partial charge on any atom is -0.394 e. The van der Waals surface area contributed by atoms with Crippen LogP contribution in [0.4, 0.5) is 0 Å². The van der Waals surface area contributed by atoms with E-state index in [4.69, 9.17) is 5.11 Å². The zero-order chi connectivity index (χ0) is 7.56. The number of hydrazine groups is 1. The summed E-state index contributed by atoms with van der Waals surface area (Å²) in [7, 11) is 1.85. The molecular formula is C6H12N2O2. The highest BCUT2D eigenvalue weighted by molar-refractivity contribution is 5.77. The molecule has 1 amide bonds. The number of aliphatic hydroxyl groups is 1. The van der Waals surface area contributed by atoms with Crippen molar-refractivity contribution in [3.05, 3.63) is 0 Å². The van der Waals surface area contributed by atoms with Crippen molar-refractivity contribution in [2.75, 3.05) is 26.7 Å². The van der Waals surface area contributed by atoms with E-state index in [0.29, 0.717) is 13.0 Å². The fourth-order valence-corrected chi connectivity index (χ4v) is 1.09. The molecule has 4 heteroatoms. The molecule has 1 aliphatic rings. The van der Waals surface area contributed by atoms with Crippen molar-refractivity contribution in [2.45, 2.75) is 6.42 Å². The third-order valence-electron chi connectivity index (χ3n) is 1.66. The lowest BCUT2D eigenvalue weighted by molar-refractivity contribution is -0.137. The van der Waals surface area contributed by atoms with Gasteiger partial charge in [-0.2, -0.15) is 0 Å². The van der Waals surface area contributed by atoms with Gasteiger partial charge in [-0.15, -0.1) is 0 Å². The van der Waals surface area contributed by atoms with E-state index >= 15 is 0 Å². The van der Waals surface area contributed by atoms with Gasteiger partial charge in [-0.1, -0.05) is 0 Å². The van der Waals surface area contributed by atoms with Gasteiger partial charge in [-0.3, -0.25) is 9.80 Å². The summed E-state index contributed by atoms with van der Waals surface area (Å²) in [6.45, 7) is 1.24. The van der Waals surface area contributed by atoms with Gasteiger partial charge >= 0.3 is 0 Å². The van der Waals surface area contributed by atoms with Gasteiger partial charge in [-0.25, -0.2) is 5.01 Å². The molecular weight excluding hydrogens is 132 g/mol. The second kappa shape index (κ2) is 2.98. The molecule has 0 aromatic rings. The van der Waals surface area contributed by atoms with E-state index in [0.717, 1.165) is 6.54 Å².